The second-order valence-electron chi connectivity index (χ2n) is 6.25. The third kappa shape index (κ3) is 3.82. The van der Waals surface area contributed by atoms with E-state index in [1.807, 2.05) is 13.8 Å². The number of aliphatic carboxylic acids is 1. The van der Waals surface area contributed by atoms with Crippen LogP contribution in [0, 0.1) is 5.41 Å². The Bertz CT molecular complexity index is 757. The number of hydrogen-bond acceptors (Lipinski definition) is 6. The number of aromatic nitrogens is 1. The fourth-order valence-corrected chi connectivity index (χ4v) is 4.34. The number of rotatable bonds is 8. The summed E-state index contributed by atoms with van der Waals surface area (Å²) in [5.74, 6) is -0.849. The monoisotopic (exact) mass is 376 g/mol. The molecule has 1 heterocycles. The molecule has 0 unspecified atom stereocenters. The smallest absolute Gasteiger partial charge is 0.315 e. The lowest BCUT2D eigenvalue weighted by molar-refractivity contribution is -0.145. The lowest BCUT2D eigenvalue weighted by atomic mass is 9.77. The second-order valence-corrected chi connectivity index (χ2v) is 7.56. The van der Waals surface area contributed by atoms with Crippen LogP contribution in [0.15, 0.2) is 38.9 Å². The molecule has 6 nitrogen and oxygen atoms in total. The van der Waals surface area contributed by atoms with Crippen molar-refractivity contribution < 1.29 is 19.1 Å². The number of nitrogens with zero attached hydrogens (tertiary/aromatic N) is 2. The Labute approximate surface area is 157 Å². The molecule has 1 fully saturated rings. The Balaban J connectivity index is 2.33. The second kappa shape index (κ2) is 8.49. The number of ketones is 1. The number of hydrogen-bond donors (Lipinski definition) is 1. The summed E-state index contributed by atoms with van der Waals surface area (Å²) in [5, 5.41) is 9.79. The first-order valence-corrected chi connectivity index (χ1v) is 9.40. The minimum Gasteiger partial charge on any atom is -0.481 e. The van der Waals surface area contributed by atoms with Gasteiger partial charge in [-0.3, -0.25) is 14.6 Å². The summed E-state index contributed by atoms with van der Waals surface area (Å²) >= 11 is 1.30. The van der Waals surface area contributed by atoms with Gasteiger partial charge in [0.2, 0.25) is 11.7 Å². The largest absolute Gasteiger partial charge is 0.481 e. The molecular weight excluding hydrogens is 352 g/mol. The van der Waals surface area contributed by atoms with Gasteiger partial charge in [0.1, 0.15) is 11.7 Å². The average Bonchev–Trinajstić information content (AvgIpc) is 3.28. The first-order chi connectivity index (χ1) is 12.4. The predicted molar refractivity (Wildman–Crippen MR) is 103 cm³/mol. The number of carboxylic acid groups (broad SMARTS) is 1. The van der Waals surface area contributed by atoms with E-state index in [9.17, 15) is 14.7 Å². The van der Waals surface area contributed by atoms with Crippen LogP contribution in [0.5, 0.6) is 0 Å². The molecule has 0 aromatic carbocycles. The van der Waals surface area contributed by atoms with Gasteiger partial charge in [-0.15, -0.1) is 0 Å². The molecule has 1 N–H and O–H groups in total. The van der Waals surface area contributed by atoms with E-state index in [1.165, 1.54) is 31.3 Å². The minimum absolute atomic E-state index is 0.154. The van der Waals surface area contributed by atoms with Gasteiger partial charge < -0.3 is 9.52 Å². The Morgan fingerprint density at radius 3 is 2.54 bits per heavy atom. The van der Waals surface area contributed by atoms with E-state index in [2.05, 4.69) is 16.6 Å². The molecule has 0 bridgehead atoms. The van der Waals surface area contributed by atoms with Gasteiger partial charge in [0.05, 0.1) is 16.8 Å². The molecule has 1 aliphatic carbocycles. The van der Waals surface area contributed by atoms with Gasteiger partial charge >= 0.3 is 5.97 Å². The summed E-state index contributed by atoms with van der Waals surface area (Å²) in [5.41, 5.74) is -0.464. The Kier molecular flexibility index (Phi) is 6.58. The minimum atomic E-state index is -1.17. The summed E-state index contributed by atoms with van der Waals surface area (Å²) in [6.45, 7) is 7.63. The molecule has 0 saturated heterocycles. The van der Waals surface area contributed by atoms with Gasteiger partial charge in [0.25, 0.3) is 0 Å². The highest BCUT2D eigenvalue weighted by molar-refractivity contribution is 8.11. The van der Waals surface area contributed by atoms with Crippen molar-refractivity contribution in [2.45, 2.75) is 46.0 Å². The molecule has 2 rings (SSSR count). The Morgan fingerprint density at radius 1 is 1.42 bits per heavy atom. The van der Waals surface area contributed by atoms with Gasteiger partial charge in [-0.2, -0.15) is 0 Å². The summed E-state index contributed by atoms with van der Waals surface area (Å²) in [6, 6.07) is 0. The topological polar surface area (TPSA) is 92.8 Å². The maximum atomic E-state index is 13.2. The summed E-state index contributed by atoms with van der Waals surface area (Å²) in [7, 11) is 1.50. The molecular formula is C19H24N2O4S. The number of allylic oxidation sites excluding steroid dienone is 2. The summed E-state index contributed by atoms with van der Waals surface area (Å²) in [4.78, 5) is 34.7. The van der Waals surface area contributed by atoms with E-state index < -0.39 is 11.4 Å². The van der Waals surface area contributed by atoms with Crippen molar-refractivity contribution in [2.75, 3.05) is 7.05 Å². The van der Waals surface area contributed by atoms with Crippen LogP contribution in [0.1, 0.15) is 51.8 Å². The van der Waals surface area contributed by atoms with Crippen LogP contribution < -0.4 is 0 Å². The fourth-order valence-electron chi connectivity index (χ4n) is 3.43. The van der Waals surface area contributed by atoms with Crippen LogP contribution in [0.25, 0.3) is 4.91 Å². The number of carbonyl (C=O) groups excluding carboxylic acids is 1. The van der Waals surface area contributed by atoms with Gasteiger partial charge in [0, 0.05) is 12.6 Å². The quantitative estimate of drug-likeness (QED) is 0.536. The number of oxazole rings is 1. The van der Waals surface area contributed by atoms with E-state index in [1.54, 1.807) is 0 Å². The number of aliphatic imine (C=N–C) groups is 1. The van der Waals surface area contributed by atoms with Gasteiger partial charge in [-0.25, -0.2) is 4.98 Å². The number of Topliss-reactive ketones (excluding diaryl/α,β-unsaturated/α-hetero) is 1. The highest BCUT2D eigenvalue weighted by atomic mass is 32.2. The number of carboxylic acids is 1. The van der Waals surface area contributed by atoms with Crippen LogP contribution in [-0.4, -0.2) is 34.6 Å². The summed E-state index contributed by atoms with van der Waals surface area (Å²) in [6.07, 6.45) is 5.96. The van der Waals surface area contributed by atoms with Crippen LogP contribution >= 0.6 is 11.8 Å². The van der Waals surface area contributed by atoms with Crippen LogP contribution in [-0.2, 0) is 9.59 Å². The zero-order chi connectivity index (χ0) is 19.3. The first kappa shape index (κ1) is 20.2. The zero-order valence-corrected chi connectivity index (χ0v) is 16.2. The maximum absolute atomic E-state index is 13.2. The number of carbonyl (C=O) groups is 2. The molecule has 1 aromatic rings. The van der Waals surface area contributed by atoms with E-state index >= 15 is 0 Å². The Morgan fingerprint density at radius 2 is 2.08 bits per heavy atom. The molecule has 140 valence electrons. The highest BCUT2D eigenvalue weighted by Gasteiger charge is 2.48. The lowest BCUT2D eigenvalue weighted by Gasteiger charge is -2.26. The van der Waals surface area contributed by atoms with E-state index in [4.69, 9.17) is 4.42 Å². The molecule has 7 heteroatoms. The third-order valence-corrected chi connectivity index (χ3v) is 5.73. The van der Waals surface area contributed by atoms with Crippen molar-refractivity contribution in [3.8, 4) is 0 Å². The first-order valence-electron chi connectivity index (χ1n) is 8.59. The molecule has 0 spiro atoms. The van der Waals surface area contributed by atoms with Gasteiger partial charge in [-0.05, 0) is 31.1 Å². The van der Waals surface area contributed by atoms with Crippen LogP contribution in [0.4, 0.5) is 0 Å². The number of thioether (sulfide) groups is 1. The molecule has 1 aromatic heterocycles. The lowest BCUT2D eigenvalue weighted by Crippen LogP contribution is -2.42. The van der Waals surface area contributed by atoms with Gasteiger partial charge in [0.15, 0.2) is 0 Å². The van der Waals surface area contributed by atoms with Crippen molar-refractivity contribution in [3.05, 3.63) is 35.4 Å². The van der Waals surface area contributed by atoms with Crippen molar-refractivity contribution in [3.63, 3.8) is 0 Å². The zero-order valence-electron chi connectivity index (χ0n) is 15.4. The van der Waals surface area contributed by atoms with E-state index in [-0.39, 0.29) is 11.5 Å². The third-order valence-electron chi connectivity index (χ3n) is 4.76. The van der Waals surface area contributed by atoms with Crippen molar-refractivity contribution in [1.29, 1.82) is 0 Å². The average molecular weight is 376 g/mol. The predicted octanol–water partition coefficient (Wildman–Crippen LogP) is 4.35. The Hall–Kier alpha value is -2.15. The van der Waals surface area contributed by atoms with E-state index in [0.717, 1.165) is 17.7 Å². The van der Waals surface area contributed by atoms with Crippen molar-refractivity contribution >= 4 is 34.1 Å². The molecule has 1 saturated carbocycles. The van der Waals surface area contributed by atoms with Crippen molar-refractivity contribution in [2.24, 2.45) is 10.4 Å². The van der Waals surface area contributed by atoms with Crippen LogP contribution in [0.2, 0.25) is 0 Å². The van der Waals surface area contributed by atoms with Crippen molar-refractivity contribution in [1.82, 2.24) is 4.98 Å². The molecule has 0 aliphatic heterocycles. The molecule has 0 radical (unpaired) electrons. The SMILES string of the molecule is C=C(S/C(C)=C(\CC)C(=O)C(=NC)C1(C(=O)O)CCCC1)c1ncco1. The normalized spacial score (nSPS) is 17.7. The van der Waals surface area contributed by atoms with Gasteiger partial charge in [-0.1, -0.05) is 38.1 Å². The molecule has 26 heavy (non-hydrogen) atoms. The molecule has 0 amide bonds. The molecule has 1 aliphatic rings. The molecule has 0 atom stereocenters. The van der Waals surface area contributed by atoms with Crippen LogP contribution in [0.3, 0.4) is 0 Å². The fraction of sp³-hybridized carbons (Fsp3) is 0.474. The summed E-state index contributed by atoms with van der Waals surface area (Å²) < 4.78 is 5.23. The maximum Gasteiger partial charge on any atom is 0.315 e. The standard InChI is InChI=1S/C19H24N2O4S/c1-5-14(12(2)26-13(3)17-21-10-11-25-17)15(22)16(20-4)19(18(23)24)8-6-7-9-19/h10-11H,3,5-9H2,1-2,4H3,(H,23,24)/b14-12+,20-16?. The highest BCUT2D eigenvalue weighted by Crippen LogP contribution is 2.42. The van der Waals surface area contributed by atoms with E-state index in [0.29, 0.717) is 35.6 Å².